The van der Waals surface area contributed by atoms with Crippen molar-refractivity contribution in [3.63, 3.8) is 0 Å². The minimum atomic E-state index is -0.194. The van der Waals surface area contributed by atoms with Gasteiger partial charge in [0.2, 0.25) is 0 Å². The molecule has 0 radical (unpaired) electrons. The van der Waals surface area contributed by atoms with E-state index in [1.165, 1.54) is 0 Å². The van der Waals surface area contributed by atoms with E-state index in [0.29, 0.717) is 22.7 Å². The molecule has 4 rings (SSSR count). The number of fused-ring (bicyclic) bond motifs is 1. The lowest BCUT2D eigenvalue weighted by molar-refractivity contribution is 0.102. The van der Waals surface area contributed by atoms with Gasteiger partial charge in [-0.2, -0.15) is 10.2 Å². The summed E-state index contributed by atoms with van der Waals surface area (Å²) < 4.78 is 3.47. The van der Waals surface area contributed by atoms with Crippen molar-refractivity contribution >= 4 is 28.6 Å². The van der Waals surface area contributed by atoms with Crippen molar-refractivity contribution in [2.45, 2.75) is 39.3 Å². The third-order valence-corrected chi connectivity index (χ3v) is 4.98. The molecular weight excluding hydrogens is 392 g/mol. The summed E-state index contributed by atoms with van der Waals surface area (Å²) in [6.07, 6.45) is 6.73. The molecule has 0 aliphatic heterocycles. The topological polar surface area (TPSA) is 103 Å². The largest absolute Gasteiger partial charge is 0.362 e. The second-order valence-electron chi connectivity index (χ2n) is 8.52. The lowest BCUT2D eigenvalue weighted by atomic mass is 10.1. The Morgan fingerprint density at radius 1 is 1.13 bits per heavy atom. The van der Waals surface area contributed by atoms with E-state index in [2.05, 4.69) is 30.8 Å². The zero-order valence-electron chi connectivity index (χ0n) is 18.3. The number of hydrogen-bond acceptors (Lipinski definition) is 6. The third kappa shape index (κ3) is 4.40. The predicted molar refractivity (Wildman–Crippen MR) is 120 cm³/mol. The molecule has 4 aromatic rings. The van der Waals surface area contributed by atoms with Crippen LogP contribution in [0, 0.1) is 0 Å². The number of aromatic nitrogens is 6. The van der Waals surface area contributed by atoms with Crippen molar-refractivity contribution in [3.05, 3.63) is 60.2 Å². The van der Waals surface area contributed by atoms with Crippen LogP contribution < -0.4 is 10.6 Å². The van der Waals surface area contributed by atoms with Crippen LogP contribution in [0.1, 0.15) is 49.7 Å². The van der Waals surface area contributed by atoms with Crippen molar-refractivity contribution < 1.29 is 4.79 Å². The number of nitrogens with one attached hydrogen (secondary N) is 2. The van der Waals surface area contributed by atoms with E-state index in [0.717, 1.165) is 11.1 Å². The number of aryl methyl sites for hydroxylation is 1. The van der Waals surface area contributed by atoms with E-state index in [4.69, 9.17) is 0 Å². The molecule has 9 nitrogen and oxygen atoms in total. The average molecular weight is 419 g/mol. The fraction of sp³-hybridized carbons (Fsp3) is 0.318. The molecule has 9 heteroatoms. The van der Waals surface area contributed by atoms with Crippen molar-refractivity contribution in [2.75, 3.05) is 10.6 Å². The molecule has 1 amide bonds. The highest BCUT2D eigenvalue weighted by atomic mass is 16.1. The molecule has 160 valence electrons. The van der Waals surface area contributed by atoms with E-state index in [1.54, 1.807) is 34.2 Å². The van der Waals surface area contributed by atoms with Crippen LogP contribution in [0.3, 0.4) is 0 Å². The van der Waals surface area contributed by atoms with Gasteiger partial charge in [-0.25, -0.2) is 14.6 Å². The summed E-state index contributed by atoms with van der Waals surface area (Å²) in [5, 5.41) is 14.8. The van der Waals surface area contributed by atoms with Gasteiger partial charge in [0.15, 0.2) is 5.65 Å². The molecule has 2 N–H and O–H groups in total. The maximum atomic E-state index is 12.7. The highest BCUT2D eigenvalue weighted by molar-refractivity contribution is 6.04. The van der Waals surface area contributed by atoms with Crippen LogP contribution in [-0.2, 0) is 12.6 Å². The van der Waals surface area contributed by atoms with Gasteiger partial charge >= 0.3 is 0 Å². The number of carbonyl (C=O) groups is 1. The molecular formula is C22H26N8O. The summed E-state index contributed by atoms with van der Waals surface area (Å²) in [4.78, 5) is 21.6. The molecule has 1 aromatic carbocycles. The Kier molecular flexibility index (Phi) is 5.18. The summed E-state index contributed by atoms with van der Waals surface area (Å²) in [5.74, 6) is 0.466. The Hall–Kier alpha value is -3.75. The summed E-state index contributed by atoms with van der Waals surface area (Å²) in [6.45, 7) is 8.14. The van der Waals surface area contributed by atoms with Gasteiger partial charge in [-0.05, 0) is 45.4 Å². The summed E-state index contributed by atoms with van der Waals surface area (Å²) in [5.41, 5.74) is 3.53. The van der Waals surface area contributed by atoms with Crippen LogP contribution in [0.25, 0.3) is 11.2 Å². The highest BCUT2D eigenvalue weighted by Gasteiger charge is 2.17. The molecule has 3 heterocycles. The molecule has 0 spiro atoms. The monoisotopic (exact) mass is 418 g/mol. The smallest absolute Gasteiger partial charge is 0.258 e. The first-order chi connectivity index (χ1) is 14.7. The predicted octanol–water partition coefficient (Wildman–Crippen LogP) is 3.74. The van der Waals surface area contributed by atoms with E-state index in [9.17, 15) is 4.79 Å². The fourth-order valence-electron chi connectivity index (χ4n) is 3.18. The van der Waals surface area contributed by atoms with Crippen LogP contribution in [0.15, 0.2) is 49.1 Å². The molecule has 0 saturated heterocycles. The fourth-order valence-corrected chi connectivity index (χ4v) is 3.18. The zero-order valence-corrected chi connectivity index (χ0v) is 18.3. The first-order valence-electron chi connectivity index (χ1n) is 10.1. The molecule has 0 aliphatic rings. The zero-order chi connectivity index (χ0) is 22.2. The summed E-state index contributed by atoms with van der Waals surface area (Å²) in [7, 11) is 1.83. The number of hydrogen-bond donors (Lipinski definition) is 2. The van der Waals surface area contributed by atoms with Crippen LogP contribution in [-0.4, -0.2) is 35.4 Å². The van der Waals surface area contributed by atoms with Gasteiger partial charge in [0, 0.05) is 18.9 Å². The first kappa shape index (κ1) is 20.5. The number of anilines is 2. The van der Waals surface area contributed by atoms with Crippen LogP contribution in [0.4, 0.5) is 11.5 Å². The molecule has 3 aromatic heterocycles. The molecule has 0 fully saturated rings. The minimum absolute atomic E-state index is 0.0412. The van der Waals surface area contributed by atoms with Crippen molar-refractivity contribution in [2.24, 2.45) is 7.05 Å². The SMILES string of the molecule is C[C@H](Nc1cnc2cnn(C)c2n1)c1cccc(NC(=O)c2cnn(C(C)(C)C)c2)c1. The van der Waals surface area contributed by atoms with Crippen LogP contribution in [0.2, 0.25) is 0 Å². The quantitative estimate of drug-likeness (QED) is 0.512. The lowest BCUT2D eigenvalue weighted by Crippen LogP contribution is -2.22. The normalized spacial score (nSPS) is 12.7. The van der Waals surface area contributed by atoms with E-state index < -0.39 is 0 Å². The van der Waals surface area contributed by atoms with Crippen molar-refractivity contribution in [1.82, 2.24) is 29.5 Å². The number of benzene rings is 1. The van der Waals surface area contributed by atoms with Crippen LogP contribution >= 0.6 is 0 Å². The van der Waals surface area contributed by atoms with E-state index >= 15 is 0 Å². The second-order valence-corrected chi connectivity index (χ2v) is 8.52. The molecule has 31 heavy (non-hydrogen) atoms. The Morgan fingerprint density at radius 3 is 2.68 bits per heavy atom. The van der Waals surface area contributed by atoms with E-state index in [1.807, 2.05) is 59.0 Å². The summed E-state index contributed by atoms with van der Waals surface area (Å²) in [6, 6.07) is 7.68. The standard InChI is InChI=1S/C22H26N8O/c1-14(26-19-12-23-18-11-24-29(5)20(18)28-19)15-7-6-8-17(9-15)27-21(31)16-10-25-30(13-16)22(2,3)4/h6-14H,1-5H3,(H,26,28)(H,27,31)/t14-/m0/s1. The minimum Gasteiger partial charge on any atom is -0.362 e. The van der Waals surface area contributed by atoms with Gasteiger partial charge in [0.05, 0.1) is 35.7 Å². The van der Waals surface area contributed by atoms with Crippen molar-refractivity contribution in [3.8, 4) is 0 Å². The molecule has 1 atom stereocenters. The Morgan fingerprint density at radius 2 is 1.94 bits per heavy atom. The Bertz CT molecular complexity index is 1230. The highest BCUT2D eigenvalue weighted by Crippen LogP contribution is 2.22. The molecule has 0 saturated carbocycles. The Balaban J connectivity index is 1.47. The van der Waals surface area contributed by atoms with Gasteiger partial charge in [-0.1, -0.05) is 12.1 Å². The lowest BCUT2D eigenvalue weighted by Gasteiger charge is -2.18. The second kappa shape index (κ2) is 7.82. The Labute approximate surface area is 180 Å². The van der Waals surface area contributed by atoms with Gasteiger partial charge in [0.1, 0.15) is 11.3 Å². The summed E-state index contributed by atoms with van der Waals surface area (Å²) >= 11 is 0. The maximum absolute atomic E-state index is 12.7. The molecule has 0 aliphatic carbocycles. The van der Waals surface area contributed by atoms with Gasteiger partial charge in [-0.3, -0.25) is 9.48 Å². The van der Waals surface area contributed by atoms with Crippen molar-refractivity contribution in [1.29, 1.82) is 0 Å². The number of carbonyl (C=O) groups excluding carboxylic acids is 1. The van der Waals surface area contributed by atoms with Gasteiger partial charge in [0.25, 0.3) is 5.91 Å². The molecule has 0 unspecified atom stereocenters. The molecule has 0 bridgehead atoms. The average Bonchev–Trinajstić information content (AvgIpc) is 3.36. The van der Waals surface area contributed by atoms with E-state index in [-0.39, 0.29) is 17.5 Å². The van der Waals surface area contributed by atoms with Gasteiger partial charge in [-0.15, -0.1) is 0 Å². The number of rotatable bonds is 5. The number of amides is 1. The van der Waals surface area contributed by atoms with Gasteiger partial charge < -0.3 is 10.6 Å². The maximum Gasteiger partial charge on any atom is 0.258 e. The first-order valence-corrected chi connectivity index (χ1v) is 10.1. The van der Waals surface area contributed by atoms with Crippen LogP contribution in [0.5, 0.6) is 0 Å². The third-order valence-electron chi connectivity index (χ3n) is 4.98. The number of nitrogens with zero attached hydrogens (tertiary/aromatic N) is 6.